The number of piperidine rings is 1. The molecule has 0 unspecified atom stereocenters. The Morgan fingerprint density at radius 3 is 2.70 bits per heavy atom. The first kappa shape index (κ1) is 13.1. The molecule has 0 saturated carbocycles. The first-order valence-electron chi connectivity index (χ1n) is 7.17. The molecule has 2 aromatic rings. The minimum Gasteiger partial charge on any atom is -0.463 e. The number of hydrogen-bond donors (Lipinski definition) is 0. The molecule has 2 aromatic heterocycles. The van der Waals surface area contributed by atoms with Gasteiger partial charge in [0.2, 0.25) is 0 Å². The van der Waals surface area contributed by atoms with Crippen LogP contribution in [-0.2, 0) is 6.54 Å². The predicted molar refractivity (Wildman–Crippen MR) is 76.5 cm³/mol. The van der Waals surface area contributed by atoms with Crippen LogP contribution in [0.5, 0.6) is 0 Å². The molecule has 0 aromatic carbocycles. The highest BCUT2D eigenvalue weighted by Crippen LogP contribution is 2.15. The van der Waals surface area contributed by atoms with Crippen LogP contribution < -0.4 is 5.56 Å². The van der Waals surface area contributed by atoms with Crippen LogP contribution in [0.2, 0.25) is 0 Å². The van der Waals surface area contributed by atoms with Crippen LogP contribution in [0.4, 0.5) is 0 Å². The number of furan rings is 1. The van der Waals surface area contributed by atoms with Gasteiger partial charge in [0, 0.05) is 12.6 Å². The molecule has 106 valence electrons. The molecule has 0 bridgehead atoms. The zero-order valence-corrected chi connectivity index (χ0v) is 11.5. The van der Waals surface area contributed by atoms with Gasteiger partial charge in [0.05, 0.1) is 12.8 Å². The highest BCUT2D eigenvalue weighted by molar-refractivity contribution is 5.50. The fourth-order valence-corrected chi connectivity index (χ4v) is 2.58. The lowest BCUT2D eigenvalue weighted by molar-refractivity contribution is 0.216. The van der Waals surface area contributed by atoms with Crippen molar-refractivity contribution in [2.45, 2.75) is 25.8 Å². The van der Waals surface area contributed by atoms with Crippen molar-refractivity contribution in [3.05, 3.63) is 40.9 Å². The second-order valence-corrected chi connectivity index (χ2v) is 5.16. The van der Waals surface area contributed by atoms with Gasteiger partial charge in [-0.3, -0.25) is 4.79 Å². The van der Waals surface area contributed by atoms with E-state index in [-0.39, 0.29) is 5.56 Å². The molecule has 0 atom stereocenters. The standard InChI is InChI=1S/C15H19N3O2/c19-15-7-6-13(14-5-4-12-20-14)16-18(15)11-10-17-8-2-1-3-9-17/h4-7,12H,1-3,8-11H2. The number of likely N-dealkylation sites (tertiary alicyclic amines) is 1. The van der Waals surface area contributed by atoms with E-state index in [4.69, 9.17) is 4.42 Å². The van der Waals surface area contributed by atoms with Crippen LogP contribution in [0.15, 0.2) is 39.7 Å². The average Bonchev–Trinajstić information content (AvgIpc) is 3.02. The van der Waals surface area contributed by atoms with Crippen LogP contribution >= 0.6 is 0 Å². The van der Waals surface area contributed by atoms with Crippen LogP contribution in [0.3, 0.4) is 0 Å². The quantitative estimate of drug-likeness (QED) is 0.855. The van der Waals surface area contributed by atoms with Gasteiger partial charge in [-0.15, -0.1) is 0 Å². The van der Waals surface area contributed by atoms with Crippen LogP contribution in [0, 0.1) is 0 Å². The third-order valence-electron chi connectivity index (χ3n) is 3.72. The van der Waals surface area contributed by atoms with Crippen molar-refractivity contribution in [3.63, 3.8) is 0 Å². The fraction of sp³-hybridized carbons (Fsp3) is 0.467. The Morgan fingerprint density at radius 2 is 1.95 bits per heavy atom. The normalized spacial score (nSPS) is 16.4. The molecule has 5 nitrogen and oxygen atoms in total. The summed E-state index contributed by atoms with van der Waals surface area (Å²) in [5, 5.41) is 4.38. The van der Waals surface area contributed by atoms with Crippen molar-refractivity contribution in [2.24, 2.45) is 0 Å². The lowest BCUT2D eigenvalue weighted by atomic mass is 10.1. The highest BCUT2D eigenvalue weighted by atomic mass is 16.3. The van der Waals surface area contributed by atoms with Crippen molar-refractivity contribution in [3.8, 4) is 11.5 Å². The summed E-state index contributed by atoms with van der Waals surface area (Å²) in [5.41, 5.74) is 0.644. The molecule has 20 heavy (non-hydrogen) atoms. The van der Waals surface area contributed by atoms with Crippen molar-refractivity contribution >= 4 is 0 Å². The number of nitrogens with zero attached hydrogens (tertiary/aromatic N) is 3. The lowest BCUT2D eigenvalue weighted by Gasteiger charge is -2.26. The van der Waals surface area contributed by atoms with Crippen LogP contribution in [-0.4, -0.2) is 34.3 Å². The largest absolute Gasteiger partial charge is 0.463 e. The maximum absolute atomic E-state index is 11.9. The van der Waals surface area contributed by atoms with E-state index in [1.165, 1.54) is 23.9 Å². The molecule has 1 aliphatic heterocycles. The van der Waals surface area contributed by atoms with Crippen molar-refractivity contribution in [1.82, 2.24) is 14.7 Å². The summed E-state index contributed by atoms with van der Waals surface area (Å²) in [4.78, 5) is 14.3. The van der Waals surface area contributed by atoms with E-state index < -0.39 is 0 Å². The molecule has 0 radical (unpaired) electrons. The Bertz CT molecular complexity index is 598. The minimum absolute atomic E-state index is 0.0580. The summed E-state index contributed by atoms with van der Waals surface area (Å²) in [6.07, 6.45) is 5.45. The predicted octanol–water partition coefficient (Wildman–Crippen LogP) is 1.99. The van der Waals surface area contributed by atoms with E-state index in [1.54, 1.807) is 18.4 Å². The number of rotatable bonds is 4. The molecule has 3 rings (SSSR count). The van der Waals surface area contributed by atoms with Crippen molar-refractivity contribution < 1.29 is 4.42 Å². The molecule has 5 heteroatoms. The molecule has 1 saturated heterocycles. The summed E-state index contributed by atoms with van der Waals surface area (Å²) >= 11 is 0. The van der Waals surface area contributed by atoms with E-state index >= 15 is 0 Å². The van der Waals surface area contributed by atoms with Crippen LogP contribution in [0.25, 0.3) is 11.5 Å². The van der Waals surface area contributed by atoms with Gasteiger partial charge in [-0.1, -0.05) is 6.42 Å². The molecule has 3 heterocycles. The van der Waals surface area contributed by atoms with Gasteiger partial charge in [-0.2, -0.15) is 5.10 Å². The highest BCUT2D eigenvalue weighted by Gasteiger charge is 2.11. The summed E-state index contributed by atoms with van der Waals surface area (Å²) in [7, 11) is 0. The summed E-state index contributed by atoms with van der Waals surface area (Å²) in [5.74, 6) is 0.691. The molecule has 0 aliphatic carbocycles. The second kappa shape index (κ2) is 6.05. The molecular formula is C15H19N3O2. The summed E-state index contributed by atoms with van der Waals surface area (Å²) in [6.45, 7) is 3.78. The fourth-order valence-electron chi connectivity index (χ4n) is 2.58. The molecule has 0 amide bonds. The Hall–Kier alpha value is -1.88. The zero-order chi connectivity index (χ0) is 13.8. The molecule has 0 N–H and O–H groups in total. The molecule has 0 spiro atoms. The smallest absolute Gasteiger partial charge is 0.266 e. The van der Waals surface area contributed by atoms with Crippen LogP contribution in [0.1, 0.15) is 19.3 Å². The Labute approximate surface area is 117 Å². The molecular weight excluding hydrogens is 254 g/mol. The van der Waals surface area contributed by atoms with Gasteiger partial charge >= 0.3 is 0 Å². The number of aromatic nitrogens is 2. The van der Waals surface area contributed by atoms with Crippen molar-refractivity contribution in [1.29, 1.82) is 0 Å². The first-order valence-corrected chi connectivity index (χ1v) is 7.17. The summed E-state index contributed by atoms with van der Waals surface area (Å²) < 4.78 is 6.85. The Morgan fingerprint density at radius 1 is 1.10 bits per heavy atom. The van der Waals surface area contributed by atoms with Gasteiger partial charge < -0.3 is 9.32 Å². The zero-order valence-electron chi connectivity index (χ0n) is 11.5. The Balaban J connectivity index is 1.72. The van der Waals surface area contributed by atoms with Crippen molar-refractivity contribution in [2.75, 3.05) is 19.6 Å². The van der Waals surface area contributed by atoms with Gasteiger partial charge in [0.1, 0.15) is 5.69 Å². The molecule has 1 aliphatic rings. The van der Waals surface area contributed by atoms with E-state index in [2.05, 4.69) is 10.00 Å². The number of hydrogen-bond acceptors (Lipinski definition) is 4. The molecule has 1 fully saturated rings. The maximum Gasteiger partial charge on any atom is 0.266 e. The van der Waals surface area contributed by atoms with Gasteiger partial charge in [0.15, 0.2) is 5.76 Å². The Kier molecular flexibility index (Phi) is 3.97. The average molecular weight is 273 g/mol. The topological polar surface area (TPSA) is 51.3 Å². The maximum atomic E-state index is 11.9. The second-order valence-electron chi connectivity index (χ2n) is 5.16. The van der Waals surface area contributed by atoms with Gasteiger partial charge in [-0.25, -0.2) is 4.68 Å². The first-order chi connectivity index (χ1) is 9.83. The van der Waals surface area contributed by atoms with Gasteiger partial charge in [-0.05, 0) is 44.1 Å². The monoisotopic (exact) mass is 273 g/mol. The lowest BCUT2D eigenvalue weighted by Crippen LogP contribution is -2.35. The van der Waals surface area contributed by atoms with E-state index in [1.807, 2.05) is 12.1 Å². The third kappa shape index (κ3) is 2.99. The summed E-state index contributed by atoms with van der Waals surface area (Å²) in [6, 6.07) is 6.93. The van der Waals surface area contributed by atoms with E-state index in [9.17, 15) is 4.79 Å². The van der Waals surface area contributed by atoms with E-state index in [0.29, 0.717) is 18.0 Å². The van der Waals surface area contributed by atoms with Gasteiger partial charge in [0.25, 0.3) is 5.56 Å². The minimum atomic E-state index is -0.0580. The van der Waals surface area contributed by atoms with E-state index in [0.717, 1.165) is 19.6 Å². The SMILES string of the molecule is O=c1ccc(-c2ccco2)nn1CCN1CCCCC1. The third-order valence-corrected chi connectivity index (χ3v) is 3.72.